The summed E-state index contributed by atoms with van der Waals surface area (Å²) < 4.78 is 27.4. The van der Waals surface area contributed by atoms with Crippen LogP contribution in [0.15, 0.2) is 47.4 Å². The van der Waals surface area contributed by atoms with Gasteiger partial charge in [0.05, 0.1) is 21.3 Å². The van der Waals surface area contributed by atoms with Crippen LogP contribution in [0.1, 0.15) is 18.4 Å². The van der Waals surface area contributed by atoms with Crippen molar-refractivity contribution in [1.29, 1.82) is 0 Å². The molecular formula is C17H19ClN2O2S. The summed E-state index contributed by atoms with van der Waals surface area (Å²) in [5.41, 5.74) is 2.45. The van der Waals surface area contributed by atoms with Crippen LogP contribution in [0.2, 0.25) is 5.02 Å². The number of nitrogens with one attached hydrogen (secondary N) is 1. The highest BCUT2D eigenvalue weighted by Gasteiger charge is 2.17. The summed E-state index contributed by atoms with van der Waals surface area (Å²) in [6.45, 7) is 3.91. The van der Waals surface area contributed by atoms with Gasteiger partial charge in [-0.1, -0.05) is 29.3 Å². The lowest BCUT2D eigenvalue weighted by Crippen LogP contribution is -2.18. The lowest BCUT2D eigenvalue weighted by molar-refractivity contribution is 0.601. The zero-order chi connectivity index (χ0) is 16.4. The quantitative estimate of drug-likeness (QED) is 0.905. The van der Waals surface area contributed by atoms with E-state index in [0.29, 0.717) is 10.7 Å². The lowest BCUT2D eigenvalue weighted by Gasteiger charge is -2.19. The van der Waals surface area contributed by atoms with Gasteiger partial charge in [-0.2, -0.15) is 0 Å². The first-order valence-electron chi connectivity index (χ1n) is 7.60. The van der Waals surface area contributed by atoms with Crippen molar-refractivity contribution in [3.05, 3.63) is 53.1 Å². The fraction of sp³-hybridized carbons (Fsp3) is 0.294. The van der Waals surface area contributed by atoms with Gasteiger partial charge in [0.15, 0.2) is 0 Å². The summed E-state index contributed by atoms with van der Waals surface area (Å²) >= 11 is 6.33. The van der Waals surface area contributed by atoms with Gasteiger partial charge in [-0.25, -0.2) is 8.42 Å². The van der Waals surface area contributed by atoms with Crippen molar-refractivity contribution in [2.45, 2.75) is 24.7 Å². The molecule has 0 atom stereocenters. The van der Waals surface area contributed by atoms with E-state index in [9.17, 15) is 8.42 Å². The highest BCUT2D eigenvalue weighted by Crippen LogP contribution is 2.31. The molecule has 1 aliphatic heterocycles. The third kappa shape index (κ3) is 3.62. The molecule has 0 amide bonds. The zero-order valence-electron chi connectivity index (χ0n) is 12.9. The molecule has 0 radical (unpaired) electrons. The van der Waals surface area contributed by atoms with Crippen molar-refractivity contribution >= 4 is 33.0 Å². The maximum atomic E-state index is 12.4. The van der Waals surface area contributed by atoms with Crippen LogP contribution in [-0.2, 0) is 10.0 Å². The molecule has 4 nitrogen and oxygen atoms in total. The number of nitrogens with zero attached hydrogens (tertiary/aromatic N) is 1. The summed E-state index contributed by atoms with van der Waals surface area (Å²) in [6.07, 6.45) is 2.33. The Hall–Kier alpha value is -1.72. The van der Waals surface area contributed by atoms with E-state index in [2.05, 4.69) is 9.62 Å². The SMILES string of the molecule is Cc1ccc(S(=O)(=O)Nc2ccc(N3CCCC3)c(Cl)c2)cc1. The van der Waals surface area contributed by atoms with E-state index in [0.717, 1.165) is 37.2 Å². The van der Waals surface area contributed by atoms with Crippen LogP contribution >= 0.6 is 11.6 Å². The standard InChI is InChI=1S/C17H19ClN2O2S/c1-13-4-7-15(8-5-13)23(21,22)19-14-6-9-17(16(18)12-14)20-10-2-3-11-20/h4-9,12,19H,2-3,10-11H2,1H3. The molecule has 1 heterocycles. The second kappa shape index (κ2) is 6.42. The van der Waals surface area contributed by atoms with Gasteiger partial charge in [0.2, 0.25) is 0 Å². The van der Waals surface area contributed by atoms with Crippen molar-refractivity contribution in [2.75, 3.05) is 22.7 Å². The third-order valence-electron chi connectivity index (χ3n) is 3.98. The van der Waals surface area contributed by atoms with Crippen LogP contribution in [0.4, 0.5) is 11.4 Å². The van der Waals surface area contributed by atoms with Crippen LogP contribution in [0.5, 0.6) is 0 Å². The minimum atomic E-state index is -3.60. The molecule has 0 aliphatic carbocycles. The molecule has 1 saturated heterocycles. The molecule has 1 fully saturated rings. The largest absolute Gasteiger partial charge is 0.370 e. The number of hydrogen-bond acceptors (Lipinski definition) is 3. The predicted octanol–water partition coefficient (Wildman–Crippen LogP) is 4.05. The molecule has 2 aromatic rings. The topological polar surface area (TPSA) is 49.4 Å². The van der Waals surface area contributed by atoms with Gasteiger partial charge in [-0.05, 0) is 50.1 Å². The van der Waals surface area contributed by atoms with Crippen LogP contribution in [0, 0.1) is 6.92 Å². The van der Waals surface area contributed by atoms with E-state index in [1.807, 2.05) is 13.0 Å². The number of sulfonamides is 1. The second-order valence-electron chi connectivity index (χ2n) is 5.78. The van der Waals surface area contributed by atoms with E-state index in [4.69, 9.17) is 11.6 Å². The lowest BCUT2D eigenvalue weighted by atomic mass is 10.2. The zero-order valence-corrected chi connectivity index (χ0v) is 14.5. The first-order valence-corrected chi connectivity index (χ1v) is 9.46. The van der Waals surface area contributed by atoms with E-state index in [-0.39, 0.29) is 4.90 Å². The molecule has 0 saturated carbocycles. The molecule has 23 heavy (non-hydrogen) atoms. The summed E-state index contributed by atoms with van der Waals surface area (Å²) in [5.74, 6) is 0. The first-order chi connectivity index (χ1) is 11.0. The van der Waals surface area contributed by atoms with E-state index >= 15 is 0 Å². The fourth-order valence-corrected chi connectivity index (χ4v) is 4.07. The van der Waals surface area contributed by atoms with Crippen molar-refractivity contribution in [3.8, 4) is 0 Å². The Bertz CT molecular complexity index is 798. The van der Waals surface area contributed by atoms with Crippen molar-refractivity contribution < 1.29 is 8.42 Å². The Kier molecular flexibility index (Phi) is 4.50. The summed E-state index contributed by atoms with van der Waals surface area (Å²) in [5, 5.41) is 0.566. The van der Waals surface area contributed by atoms with Gasteiger partial charge >= 0.3 is 0 Å². The van der Waals surface area contributed by atoms with Gasteiger partial charge in [-0.15, -0.1) is 0 Å². The van der Waals surface area contributed by atoms with Crippen LogP contribution in [0.3, 0.4) is 0 Å². The minimum Gasteiger partial charge on any atom is -0.370 e. The highest BCUT2D eigenvalue weighted by atomic mass is 35.5. The molecule has 2 aromatic carbocycles. The normalized spacial score (nSPS) is 15.0. The van der Waals surface area contributed by atoms with E-state index < -0.39 is 10.0 Å². The average Bonchev–Trinajstić information content (AvgIpc) is 3.01. The predicted molar refractivity (Wildman–Crippen MR) is 94.9 cm³/mol. The number of halogens is 1. The summed E-state index contributed by atoms with van der Waals surface area (Å²) in [7, 11) is -3.60. The molecule has 0 aromatic heterocycles. The van der Waals surface area contributed by atoms with E-state index in [1.54, 1.807) is 36.4 Å². The molecule has 6 heteroatoms. The Balaban J connectivity index is 1.82. The Morgan fingerprint density at radius 2 is 1.70 bits per heavy atom. The van der Waals surface area contributed by atoms with Crippen LogP contribution in [-0.4, -0.2) is 21.5 Å². The Labute approximate surface area is 142 Å². The molecular weight excluding hydrogens is 332 g/mol. The molecule has 3 rings (SSSR count). The first kappa shape index (κ1) is 16.1. The van der Waals surface area contributed by atoms with E-state index in [1.165, 1.54) is 0 Å². The number of rotatable bonds is 4. The molecule has 0 spiro atoms. The second-order valence-corrected chi connectivity index (χ2v) is 7.87. The maximum absolute atomic E-state index is 12.4. The number of benzene rings is 2. The number of anilines is 2. The minimum absolute atomic E-state index is 0.239. The number of hydrogen-bond donors (Lipinski definition) is 1. The van der Waals surface area contributed by atoms with Crippen LogP contribution in [0.25, 0.3) is 0 Å². The van der Waals surface area contributed by atoms with Crippen LogP contribution < -0.4 is 9.62 Å². The van der Waals surface area contributed by atoms with Gasteiger partial charge in [0.1, 0.15) is 0 Å². The summed E-state index contributed by atoms with van der Waals surface area (Å²) in [6, 6.07) is 12.0. The average molecular weight is 351 g/mol. The van der Waals surface area contributed by atoms with Gasteiger partial charge < -0.3 is 4.90 Å². The third-order valence-corrected chi connectivity index (χ3v) is 5.68. The molecule has 0 bridgehead atoms. The van der Waals surface area contributed by atoms with Gasteiger partial charge in [0, 0.05) is 13.1 Å². The van der Waals surface area contributed by atoms with Crippen molar-refractivity contribution in [3.63, 3.8) is 0 Å². The Morgan fingerprint density at radius 3 is 2.30 bits per heavy atom. The molecule has 1 N–H and O–H groups in total. The van der Waals surface area contributed by atoms with Crippen molar-refractivity contribution in [2.24, 2.45) is 0 Å². The molecule has 0 unspecified atom stereocenters. The monoisotopic (exact) mass is 350 g/mol. The van der Waals surface area contributed by atoms with Gasteiger partial charge in [-0.3, -0.25) is 4.72 Å². The Morgan fingerprint density at radius 1 is 1.04 bits per heavy atom. The smallest absolute Gasteiger partial charge is 0.261 e. The fourth-order valence-electron chi connectivity index (χ4n) is 2.72. The van der Waals surface area contributed by atoms with Gasteiger partial charge in [0.25, 0.3) is 10.0 Å². The van der Waals surface area contributed by atoms with Crippen molar-refractivity contribution in [1.82, 2.24) is 0 Å². The summed E-state index contributed by atoms with van der Waals surface area (Å²) in [4.78, 5) is 2.46. The number of aryl methyl sites for hydroxylation is 1. The molecule has 122 valence electrons. The molecule has 1 aliphatic rings. The highest BCUT2D eigenvalue weighted by molar-refractivity contribution is 7.92. The maximum Gasteiger partial charge on any atom is 0.261 e.